The van der Waals surface area contributed by atoms with E-state index < -0.39 is 11.6 Å². The summed E-state index contributed by atoms with van der Waals surface area (Å²) in [6.07, 6.45) is 0. The Kier molecular flexibility index (Phi) is 4.29. The molecule has 0 unspecified atom stereocenters. The highest BCUT2D eigenvalue weighted by Gasteiger charge is 2.16. The molecule has 0 spiro atoms. The predicted molar refractivity (Wildman–Crippen MR) is 113 cm³/mol. The summed E-state index contributed by atoms with van der Waals surface area (Å²) in [7, 11) is 0. The van der Waals surface area contributed by atoms with Crippen molar-refractivity contribution in [3.05, 3.63) is 101 Å². The van der Waals surface area contributed by atoms with Crippen LogP contribution >= 0.6 is 11.6 Å². The van der Waals surface area contributed by atoms with E-state index in [-0.39, 0.29) is 0 Å². The Morgan fingerprint density at radius 1 is 0.828 bits per heavy atom. The van der Waals surface area contributed by atoms with Gasteiger partial charge in [0.2, 0.25) is 0 Å². The van der Waals surface area contributed by atoms with E-state index in [1.54, 1.807) is 12.1 Å². The van der Waals surface area contributed by atoms with Gasteiger partial charge in [0.25, 0.3) is 0 Å². The van der Waals surface area contributed by atoms with Crippen molar-refractivity contribution in [2.75, 3.05) is 0 Å². The number of hydrogen-bond acceptors (Lipinski definition) is 1. The fourth-order valence-corrected chi connectivity index (χ4v) is 3.87. The lowest BCUT2D eigenvalue weighted by molar-refractivity contribution is 0.506. The molecule has 0 saturated heterocycles. The van der Waals surface area contributed by atoms with Crippen molar-refractivity contribution in [1.29, 1.82) is 0 Å². The molecule has 2 nitrogen and oxygen atoms in total. The van der Waals surface area contributed by atoms with Gasteiger partial charge in [-0.1, -0.05) is 60.1 Å². The minimum Gasteiger partial charge on any atom is -0.319 e. The second-order valence-corrected chi connectivity index (χ2v) is 7.37. The first-order valence-corrected chi connectivity index (χ1v) is 9.56. The van der Waals surface area contributed by atoms with Gasteiger partial charge in [-0.2, -0.15) is 0 Å². The number of aromatic nitrogens is 2. The van der Waals surface area contributed by atoms with E-state index in [1.165, 1.54) is 6.07 Å². The van der Waals surface area contributed by atoms with Gasteiger partial charge in [0.05, 0.1) is 11.0 Å². The van der Waals surface area contributed by atoms with Crippen LogP contribution in [0.5, 0.6) is 0 Å². The average molecular weight is 405 g/mol. The molecule has 0 saturated carbocycles. The van der Waals surface area contributed by atoms with Crippen molar-refractivity contribution in [2.24, 2.45) is 0 Å². The molecule has 5 rings (SSSR count). The molecule has 4 aromatic carbocycles. The largest absolute Gasteiger partial charge is 0.319 e. The first-order chi connectivity index (χ1) is 14.1. The molecule has 0 aliphatic carbocycles. The number of halogens is 3. The third-order valence-electron chi connectivity index (χ3n) is 5.07. The average Bonchev–Trinajstić information content (AvgIpc) is 3.07. The Labute approximate surface area is 171 Å². The first-order valence-electron chi connectivity index (χ1n) is 9.18. The topological polar surface area (TPSA) is 17.8 Å². The van der Waals surface area contributed by atoms with E-state index in [4.69, 9.17) is 16.6 Å². The summed E-state index contributed by atoms with van der Waals surface area (Å²) < 4.78 is 29.2. The van der Waals surface area contributed by atoms with Crippen LogP contribution in [0.4, 0.5) is 8.78 Å². The van der Waals surface area contributed by atoms with Crippen molar-refractivity contribution >= 4 is 33.4 Å². The molecule has 0 amide bonds. The lowest BCUT2D eigenvalue weighted by atomic mass is 10.0. The monoisotopic (exact) mass is 404 g/mol. The summed E-state index contributed by atoms with van der Waals surface area (Å²) in [6.45, 7) is 0.340. The highest BCUT2D eigenvalue weighted by molar-refractivity contribution is 6.31. The van der Waals surface area contributed by atoms with Crippen LogP contribution < -0.4 is 0 Å². The molecule has 5 heteroatoms. The molecule has 0 radical (unpaired) electrons. The van der Waals surface area contributed by atoms with E-state index >= 15 is 0 Å². The summed E-state index contributed by atoms with van der Waals surface area (Å²) >= 11 is 6.24. The Morgan fingerprint density at radius 3 is 2.52 bits per heavy atom. The van der Waals surface area contributed by atoms with Crippen molar-refractivity contribution in [3.8, 4) is 11.4 Å². The smallest absolute Gasteiger partial charge is 0.159 e. The lowest BCUT2D eigenvalue weighted by Crippen LogP contribution is -2.03. The summed E-state index contributed by atoms with van der Waals surface area (Å²) in [5, 5.41) is 2.77. The number of fused-ring (bicyclic) bond motifs is 2. The highest BCUT2D eigenvalue weighted by atomic mass is 35.5. The maximum Gasteiger partial charge on any atom is 0.159 e. The molecule has 0 fully saturated rings. The zero-order chi connectivity index (χ0) is 20.0. The number of hydrogen-bond donors (Lipinski definition) is 0. The van der Waals surface area contributed by atoms with Gasteiger partial charge < -0.3 is 4.57 Å². The number of benzene rings is 4. The first kappa shape index (κ1) is 17.8. The number of rotatable bonds is 3. The van der Waals surface area contributed by atoms with Crippen LogP contribution in [0.2, 0.25) is 5.02 Å². The second kappa shape index (κ2) is 6.98. The molecule has 0 aliphatic heterocycles. The van der Waals surface area contributed by atoms with Crippen molar-refractivity contribution < 1.29 is 8.78 Å². The van der Waals surface area contributed by atoms with E-state index in [2.05, 4.69) is 18.2 Å². The van der Waals surface area contributed by atoms with Crippen LogP contribution in [0, 0.1) is 11.6 Å². The third-order valence-corrected chi connectivity index (χ3v) is 5.30. The molecule has 0 aliphatic rings. The maximum atomic E-state index is 13.8. The molecule has 142 valence electrons. The highest BCUT2D eigenvalue weighted by Crippen LogP contribution is 2.32. The van der Waals surface area contributed by atoms with E-state index in [0.717, 1.165) is 39.3 Å². The summed E-state index contributed by atoms with van der Waals surface area (Å²) in [5.74, 6) is -0.970. The molecule has 5 aromatic rings. The van der Waals surface area contributed by atoms with E-state index in [9.17, 15) is 8.78 Å². The molecule has 0 N–H and O–H groups in total. The fourth-order valence-electron chi connectivity index (χ4n) is 3.70. The van der Waals surface area contributed by atoms with Crippen LogP contribution in [-0.4, -0.2) is 9.55 Å². The minimum absolute atomic E-state index is 0.340. The summed E-state index contributed by atoms with van der Waals surface area (Å²) in [5.41, 5.74) is 3.24. The normalized spacial score (nSPS) is 11.4. The summed E-state index contributed by atoms with van der Waals surface area (Å²) in [4.78, 5) is 4.85. The zero-order valence-electron chi connectivity index (χ0n) is 15.2. The molecule has 0 atom stereocenters. The standard InChI is InChI=1S/C24H15ClF2N2/c25-17-9-11-22-23(13-17)29(14-15-8-10-20(26)21(27)12-15)24(28-22)19-7-3-5-16-4-1-2-6-18(16)19/h1-13H,14H2. The van der Waals surface area contributed by atoms with Gasteiger partial charge in [-0.25, -0.2) is 13.8 Å². The van der Waals surface area contributed by atoms with Crippen LogP contribution in [0.15, 0.2) is 78.9 Å². The molecular formula is C24H15ClF2N2. The van der Waals surface area contributed by atoms with Gasteiger partial charge in [-0.15, -0.1) is 0 Å². The van der Waals surface area contributed by atoms with Gasteiger partial charge in [0, 0.05) is 17.1 Å². The number of imidazole rings is 1. The van der Waals surface area contributed by atoms with Gasteiger partial charge in [-0.05, 0) is 46.7 Å². The van der Waals surface area contributed by atoms with E-state index in [0.29, 0.717) is 17.1 Å². The zero-order valence-corrected chi connectivity index (χ0v) is 16.0. The van der Waals surface area contributed by atoms with E-state index in [1.807, 2.05) is 41.0 Å². The van der Waals surface area contributed by atoms with Gasteiger partial charge >= 0.3 is 0 Å². The third kappa shape index (κ3) is 3.15. The molecular weight excluding hydrogens is 390 g/mol. The van der Waals surface area contributed by atoms with Gasteiger partial charge in [0.15, 0.2) is 11.6 Å². The fraction of sp³-hybridized carbons (Fsp3) is 0.0417. The molecule has 0 bridgehead atoms. The molecule has 1 aromatic heterocycles. The quantitative estimate of drug-likeness (QED) is 0.322. The Hall–Kier alpha value is -3.24. The summed E-state index contributed by atoms with van der Waals surface area (Å²) in [6, 6.07) is 23.6. The van der Waals surface area contributed by atoms with Crippen LogP contribution in [0.3, 0.4) is 0 Å². The lowest BCUT2D eigenvalue weighted by Gasteiger charge is -2.12. The van der Waals surface area contributed by atoms with Crippen molar-refractivity contribution in [1.82, 2.24) is 9.55 Å². The van der Waals surface area contributed by atoms with Gasteiger partial charge in [-0.3, -0.25) is 0 Å². The molecule has 1 heterocycles. The van der Waals surface area contributed by atoms with Crippen LogP contribution in [0.25, 0.3) is 33.2 Å². The van der Waals surface area contributed by atoms with Gasteiger partial charge in [0.1, 0.15) is 5.82 Å². The SMILES string of the molecule is Fc1ccc(Cn2c(-c3cccc4ccccc34)nc3ccc(Cl)cc32)cc1F. The van der Waals surface area contributed by atoms with Crippen LogP contribution in [0.1, 0.15) is 5.56 Å². The molecule has 29 heavy (non-hydrogen) atoms. The Balaban J connectivity index is 1.77. The van der Waals surface area contributed by atoms with Crippen molar-refractivity contribution in [3.63, 3.8) is 0 Å². The van der Waals surface area contributed by atoms with Crippen molar-refractivity contribution in [2.45, 2.75) is 6.54 Å². The minimum atomic E-state index is -0.864. The Bertz CT molecular complexity index is 1370. The predicted octanol–water partition coefficient (Wildman–Crippen LogP) is 6.84. The Morgan fingerprint density at radius 2 is 1.66 bits per heavy atom. The van der Waals surface area contributed by atoms with Crippen LogP contribution in [-0.2, 0) is 6.54 Å². The second-order valence-electron chi connectivity index (χ2n) is 6.93. The number of nitrogens with zero attached hydrogens (tertiary/aromatic N) is 2. The maximum absolute atomic E-state index is 13.8.